The number of carbonyl (C=O) groups is 1. The Morgan fingerprint density at radius 1 is 1.29 bits per heavy atom. The van der Waals surface area contributed by atoms with Crippen molar-refractivity contribution < 1.29 is 4.79 Å². The molecular formula is C16H17ClN6O. The molecule has 1 aromatic carbocycles. The summed E-state index contributed by atoms with van der Waals surface area (Å²) in [6.45, 7) is 4.23. The van der Waals surface area contributed by atoms with E-state index >= 15 is 0 Å². The molecule has 3 aromatic rings. The lowest BCUT2D eigenvalue weighted by Gasteiger charge is -2.12. The topological polar surface area (TPSA) is 77.6 Å². The van der Waals surface area contributed by atoms with Crippen LogP contribution in [0.15, 0.2) is 42.9 Å². The van der Waals surface area contributed by atoms with Gasteiger partial charge in [-0.1, -0.05) is 23.7 Å². The van der Waals surface area contributed by atoms with E-state index in [1.807, 2.05) is 37.3 Å². The number of rotatable bonds is 5. The molecule has 0 spiro atoms. The van der Waals surface area contributed by atoms with Crippen LogP contribution in [-0.2, 0) is 11.3 Å². The van der Waals surface area contributed by atoms with Crippen molar-refractivity contribution in [3.63, 3.8) is 0 Å². The first-order chi connectivity index (χ1) is 11.5. The van der Waals surface area contributed by atoms with Crippen LogP contribution < -0.4 is 5.32 Å². The van der Waals surface area contributed by atoms with Crippen LogP contribution in [0.2, 0.25) is 5.02 Å². The lowest BCUT2D eigenvalue weighted by atomic mass is 10.2. The third-order valence-electron chi connectivity index (χ3n) is 3.64. The molecule has 1 N–H and O–H groups in total. The standard InChI is InChI=1S/C16H17ClN6O/c1-11-7-8-19-23(11)12(2)15(24)20-16-18-10-22(21-16)9-13-3-5-14(17)6-4-13/h3-8,10,12H,9H2,1-2H3,(H,20,21,24). The average molecular weight is 345 g/mol. The molecule has 1 unspecified atom stereocenters. The van der Waals surface area contributed by atoms with Crippen LogP contribution in [0.25, 0.3) is 0 Å². The minimum Gasteiger partial charge on any atom is -0.291 e. The molecule has 124 valence electrons. The summed E-state index contributed by atoms with van der Waals surface area (Å²) in [5.74, 6) is 0.0525. The molecule has 0 saturated heterocycles. The lowest BCUT2D eigenvalue weighted by Crippen LogP contribution is -2.25. The molecule has 8 heteroatoms. The smallest absolute Gasteiger partial charge is 0.251 e. The van der Waals surface area contributed by atoms with Gasteiger partial charge in [0.05, 0.1) is 6.54 Å². The van der Waals surface area contributed by atoms with Crippen LogP contribution in [0.4, 0.5) is 5.95 Å². The summed E-state index contributed by atoms with van der Waals surface area (Å²) in [5.41, 5.74) is 1.96. The lowest BCUT2D eigenvalue weighted by molar-refractivity contribution is -0.119. The van der Waals surface area contributed by atoms with E-state index in [0.29, 0.717) is 11.6 Å². The van der Waals surface area contributed by atoms with E-state index in [-0.39, 0.29) is 11.9 Å². The van der Waals surface area contributed by atoms with E-state index in [0.717, 1.165) is 11.3 Å². The molecule has 0 bridgehead atoms. The Balaban J connectivity index is 1.64. The zero-order chi connectivity index (χ0) is 17.1. The highest BCUT2D eigenvalue weighted by Gasteiger charge is 2.18. The molecule has 1 atom stereocenters. The fourth-order valence-electron chi connectivity index (χ4n) is 2.32. The molecule has 0 saturated carbocycles. The number of benzene rings is 1. The number of aromatic nitrogens is 5. The normalized spacial score (nSPS) is 12.1. The number of aryl methyl sites for hydroxylation is 1. The van der Waals surface area contributed by atoms with Gasteiger partial charge in [0, 0.05) is 16.9 Å². The molecule has 2 heterocycles. The van der Waals surface area contributed by atoms with Crippen molar-refractivity contribution in [1.29, 1.82) is 0 Å². The summed E-state index contributed by atoms with van der Waals surface area (Å²) in [6, 6.07) is 8.90. The first-order valence-corrected chi connectivity index (χ1v) is 7.85. The fraction of sp³-hybridized carbons (Fsp3) is 0.250. The van der Waals surface area contributed by atoms with Crippen LogP contribution in [0.5, 0.6) is 0 Å². The van der Waals surface area contributed by atoms with Crippen molar-refractivity contribution in [1.82, 2.24) is 24.5 Å². The highest BCUT2D eigenvalue weighted by Crippen LogP contribution is 2.12. The summed E-state index contributed by atoms with van der Waals surface area (Å²) in [7, 11) is 0. The first kappa shape index (κ1) is 16.2. The summed E-state index contributed by atoms with van der Waals surface area (Å²) >= 11 is 5.87. The second kappa shape index (κ2) is 6.84. The van der Waals surface area contributed by atoms with Crippen molar-refractivity contribution in [2.45, 2.75) is 26.4 Å². The summed E-state index contributed by atoms with van der Waals surface area (Å²) in [6.07, 6.45) is 3.24. The van der Waals surface area contributed by atoms with E-state index in [9.17, 15) is 4.79 Å². The van der Waals surface area contributed by atoms with E-state index in [1.165, 1.54) is 0 Å². The molecular weight excluding hydrogens is 328 g/mol. The van der Waals surface area contributed by atoms with Gasteiger partial charge in [0.25, 0.3) is 5.91 Å². The second-order valence-corrected chi connectivity index (χ2v) is 5.91. The summed E-state index contributed by atoms with van der Waals surface area (Å²) in [5, 5.41) is 11.8. The number of anilines is 1. The van der Waals surface area contributed by atoms with Crippen LogP contribution >= 0.6 is 11.6 Å². The maximum atomic E-state index is 12.3. The maximum absolute atomic E-state index is 12.3. The molecule has 0 aliphatic carbocycles. The number of amides is 1. The van der Waals surface area contributed by atoms with Gasteiger partial charge in [-0.3, -0.25) is 14.8 Å². The largest absolute Gasteiger partial charge is 0.291 e. The van der Waals surface area contributed by atoms with E-state index in [2.05, 4.69) is 20.5 Å². The molecule has 0 aliphatic rings. The predicted molar refractivity (Wildman–Crippen MR) is 90.9 cm³/mol. The average Bonchev–Trinajstić information content (AvgIpc) is 3.18. The number of nitrogens with one attached hydrogen (secondary N) is 1. The molecule has 2 aromatic heterocycles. The number of hydrogen-bond donors (Lipinski definition) is 1. The SMILES string of the molecule is Cc1ccnn1C(C)C(=O)Nc1ncn(Cc2ccc(Cl)cc2)n1. The van der Waals surface area contributed by atoms with Gasteiger partial charge in [0.15, 0.2) is 0 Å². The molecule has 0 radical (unpaired) electrons. The number of nitrogens with zero attached hydrogens (tertiary/aromatic N) is 5. The summed E-state index contributed by atoms with van der Waals surface area (Å²) in [4.78, 5) is 16.4. The third-order valence-corrected chi connectivity index (χ3v) is 3.90. The zero-order valence-corrected chi connectivity index (χ0v) is 14.1. The molecule has 0 fully saturated rings. The number of halogens is 1. The van der Waals surface area contributed by atoms with Gasteiger partial charge in [-0.2, -0.15) is 5.10 Å². The van der Waals surface area contributed by atoms with Crippen molar-refractivity contribution >= 4 is 23.5 Å². The molecule has 7 nitrogen and oxygen atoms in total. The van der Waals surface area contributed by atoms with Gasteiger partial charge in [0.1, 0.15) is 12.4 Å². The van der Waals surface area contributed by atoms with Crippen molar-refractivity contribution in [2.24, 2.45) is 0 Å². The van der Waals surface area contributed by atoms with Gasteiger partial charge < -0.3 is 0 Å². The van der Waals surface area contributed by atoms with Crippen molar-refractivity contribution in [2.75, 3.05) is 5.32 Å². The molecule has 1 amide bonds. The van der Waals surface area contributed by atoms with Crippen LogP contribution in [-0.4, -0.2) is 30.5 Å². The monoisotopic (exact) mass is 344 g/mol. The Morgan fingerprint density at radius 2 is 2.04 bits per heavy atom. The quantitative estimate of drug-likeness (QED) is 0.772. The first-order valence-electron chi connectivity index (χ1n) is 7.48. The highest BCUT2D eigenvalue weighted by atomic mass is 35.5. The van der Waals surface area contributed by atoms with Gasteiger partial charge in [-0.15, -0.1) is 5.10 Å². The minimum absolute atomic E-state index is 0.217. The fourth-order valence-corrected chi connectivity index (χ4v) is 2.44. The van der Waals surface area contributed by atoms with E-state index in [4.69, 9.17) is 11.6 Å². The van der Waals surface area contributed by atoms with Crippen molar-refractivity contribution in [3.8, 4) is 0 Å². The van der Waals surface area contributed by atoms with Crippen LogP contribution in [0.1, 0.15) is 24.2 Å². The van der Waals surface area contributed by atoms with Crippen LogP contribution in [0.3, 0.4) is 0 Å². The Labute approximate surface area is 144 Å². The van der Waals surface area contributed by atoms with Crippen molar-refractivity contribution in [3.05, 3.63) is 59.1 Å². The zero-order valence-electron chi connectivity index (χ0n) is 13.3. The van der Waals surface area contributed by atoms with E-state index in [1.54, 1.807) is 28.8 Å². The van der Waals surface area contributed by atoms with Crippen LogP contribution in [0, 0.1) is 6.92 Å². The van der Waals surface area contributed by atoms with Gasteiger partial charge in [-0.05, 0) is 37.6 Å². The van der Waals surface area contributed by atoms with Gasteiger partial charge in [0.2, 0.25) is 5.95 Å². The Morgan fingerprint density at radius 3 is 2.71 bits per heavy atom. The molecule has 0 aliphatic heterocycles. The Bertz CT molecular complexity index is 838. The Hall–Kier alpha value is -2.67. The number of carbonyl (C=O) groups excluding carboxylic acids is 1. The predicted octanol–water partition coefficient (Wildman–Crippen LogP) is 2.68. The molecule has 24 heavy (non-hydrogen) atoms. The Kier molecular flexibility index (Phi) is 4.61. The third kappa shape index (κ3) is 3.62. The minimum atomic E-state index is -0.441. The summed E-state index contributed by atoms with van der Waals surface area (Å²) < 4.78 is 3.31. The maximum Gasteiger partial charge on any atom is 0.251 e. The highest BCUT2D eigenvalue weighted by molar-refractivity contribution is 6.30. The van der Waals surface area contributed by atoms with Gasteiger partial charge in [-0.25, -0.2) is 9.67 Å². The number of hydrogen-bond acceptors (Lipinski definition) is 4. The van der Waals surface area contributed by atoms with E-state index < -0.39 is 6.04 Å². The van der Waals surface area contributed by atoms with Gasteiger partial charge >= 0.3 is 0 Å². The second-order valence-electron chi connectivity index (χ2n) is 5.47. The molecule has 3 rings (SSSR count).